The normalized spacial score (nSPS) is 12.7. The van der Waals surface area contributed by atoms with Gasteiger partial charge in [-0.1, -0.05) is 13.8 Å². The van der Waals surface area contributed by atoms with E-state index < -0.39 is 0 Å². The predicted octanol–water partition coefficient (Wildman–Crippen LogP) is 1.75. The minimum atomic E-state index is -0.292. The van der Waals surface area contributed by atoms with Gasteiger partial charge in [0.05, 0.1) is 17.3 Å². The van der Waals surface area contributed by atoms with E-state index in [0.717, 1.165) is 10.7 Å². The highest BCUT2D eigenvalue weighted by Gasteiger charge is 2.21. The van der Waals surface area contributed by atoms with Crippen molar-refractivity contribution in [2.24, 2.45) is 7.05 Å². The van der Waals surface area contributed by atoms with Gasteiger partial charge in [-0.25, -0.2) is 0 Å². The molecule has 0 aliphatic carbocycles. The van der Waals surface area contributed by atoms with E-state index in [-0.39, 0.29) is 18.1 Å². The molecule has 0 fully saturated rings. The standard InChI is InChI=1S/C13H23N3O2S/c1-6-18-13(17)11(14-9(2)3)8-19-12-7-10(4)15-16(12)5/h7,9,11,14H,6,8H2,1-5H3. The van der Waals surface area contributed by atoms with Crippen LogP contribution in [0.15, 0.2) is 11.1 Å². The minimum absolute atomic E-state index is 0.192. The van der Waals surface area contributed by atoms with E-state index in [2.05, 4.69) is 10.4 Å². The maximum atomic E-state index is 11.9. The number of rotatable bonds is 7. The molecular formula is C13H23N3O2S. The van der Waals surface area contributed by atoms with Gasteiger partial charge in [0.25, 0.3) is 0 Å². The topological polar surface area (TPSA) is 56.1 Å². The summed E-state index contributed by atoms with van der Waals surface area (Å²) in [5.74, 6) is 0.443. The number of esters is 1. The maximum absolute atomic E-state index is 11.9. The molecule has 0 aliphatic heterocycles. The Bertz CT molecular complexity index is 418. The Morgan fingerprint density at radius 3 is 2.74 bits per heavy atom. The van der Waals surface area contributed by atoms with Crippen molar-refractivity contribution in [1.82, 2.24) is 15.1 Å². The van der Waals surface area contributed by atoms with Crippen LogP contribution in [-0.4, -0.2) is 40.2 Å². The summed E-state index contributed by atoms with van der Waals surface area (Å²) in [6.45, 7) is 8.22. The number of hydrogen-bond acceptors (Lipinski definition) is 5. The van der Waals surface area contributed by atoms with Gasteiger partial charge in [0.2, 0.25) is 0 Å². The molecule has 0 spiro atoms. The van der Waals surface area contributed by atoms with Gasteiger partial charge in [-0.15, -0.1) is 11.8 Å². The molecule has 0 aromatic carbocycles. The first-order chi connectivity index (χ1) is 8.93. The predicted molar refractivity (Wildman–Crippen MR) is 77.4 cm³/mol. The molecule has 19 heavy (non-hydrogen) atoms. The molecule has 0 bridgehead atoms. The zero-order valence-electron chi connectivity index (χ0n) is 12.3. The first kappa shape index (κ1) is 16.0. The number of thioether (sulfide) groups is 1. The van der Waals surface area contributed by atoms with E-state index in [9.17, 15) is 4.79 Å². The molecule has 0 saturated carbocycles. The Labute approximate surface area is 119 Å². The molecule has 1 rings (SSSR count). The van der Waals surface area contributed by atoms with E-state index >= 15 is 0 Å². The van der Waals surface area contributed by atoms with E-state index in [4.69, 9.17) is 4.74 Å². The zero-order valence-corrected chi connectivity index (χ0v) is 13.1. The third kappa shape index (κ3) is 5.24. The summed E-state index contributed by atoms with van der Waals surface area (Å²) in [6.07, 6.45) is 0. The number of aromatic nitrogens is 2. The Morgan fingerprint density at radius 1 is 1.58 bits per heavy atom. The summed E-state index contributed by atoms with van der Waals surface area (Å²) >= 11 is 1.61. The number of hydrogen-bond donors (Lipinski definition) is 1. The molecule has 1 heterocycles. The fourth-order valence-corrected chi connectivity index (χ4v) is 2.77. The highest BCUT2D eigenvalue weighted by molar-refractivity contribution is 7.99. The van der Waals surface area contributed by atoms with E-state index in [1.165, 1.54) is 0 Å². The van der Waals surface area contributed by atoms with Crippen LogP contribution in [0, 0.1) is 6.92 Å². The van der Waals surface area contributed by atoms with Crippen molar-refractivity contribution in [1.29, 1.82) is 0 Å². The lowest BCUT2D eigenvalue weighted by Crippen LogP contribution is -2.43. The second-order valence-corrected chi connectivity index (χ2v) is 5.72. The maximum Gasteiger partial charge on any atom is 0.324 e. The van der Waals surface area contributed by atoms with Gasteiger partial charge in [0.15, 0.2) is 0 Å². The molecule has 1 N–H and O–H groups in total. The van der Waals surface area contributed by atoms with Gasteiger partial charge in [-0.05, 0) is 19.9 Å². The summed E-state index contributed by atoms with van der Waals surface area (Å²) in [6, 6.07) is 1.96. The van der Waals surface area contributed by atoms with Crippen LogP contribution in [0.25, 0.3) is 0 Å². The van der Waals surface area contributed by atoms with Gasteiger partial charge in [-0.3, -0.25) is 9.48 Å². The molecule has 6 heteroatoms. The first-order valence-electron chi connectivity index (χ1n) is 6.50. The molecule has 0 aliphatic rings. The molecule has 0 amide bonds. The third-order valence-electron chi connectivity index (χ3n) is 2.46. The Balaban J connectivity index is 2.62. The molecule has 0 saturated heterocycles. The number of aryl methyl sites for hydroxylation is 2. The lowest BCUT2D eigenvalue weighted by molar-refractivity contribution is -0.145. The number of carbonyl (C=O) groups excluding carboxylic acids is 1. The van der Waals surface area contributed by atoms with Crippen LogP contribution in [-0.2, 0) is 16.6 Å². The van der Waals surface area contributed by atoms with Crippen LogP contribution in [0.3, 0.4) is 0 Å². The van der Waals surface area contributed by atoms with Gasteiger partial charge >= 0.3 is 5.97 Å². The summed E-state index contributed by atoms with van der Waals surface area (Å²) in [7, 11) is 1.91. The van der Waals surface area contributed by atoms with Crippen molar-refractivity contribution in [3.05, 3.63) is 11.8 Å². The second kappa shape index (κ2) is 7.55. The molecule has 108 valence electrons. The molecule has 0 radical (unpaired) electrons. The van der Waals surface area contributed by atoms with Crippen LogP contribution >= 0.6 is 11.8 Å². The third-order valence-corrected chi connectivity index (χ3v) is 3.64. The molecule has 1 atom stereocenters. The fraction of sp³-hybridized carbons (Fsp3) is 0.692. The molecule has 1 unspecified atom stereocenters. The highest BCUT2D eigenvalue weighted by atomic mass is 32.2. The Hall–Kier alpha value is -1.01. The van der Waals surface area contributed by atoms with Crippen LogP contribution < -0.4 is 5.32 Å². The lowest BCUT2D eigenvalue weighted by atomic mass is 10.3. The summed E-state index contributed by atoms with van der Waals surface area (Å²) in [5.41, 5.74) is 0.981. The quantitative estimate of drug-likeness (QED) is 0.611. The van der Waals surface area contributed by atoms with Gasteiger partial charge in [-0.2, -0.15) is 5.10 Å². The molecular weight excluding hydrogens is 262 g/mol. The van der Waals surface area contributed by atoms with Crippen molar-refractivity contribution in [3.63, 3.8) is 0 Å². The highest BCUT2D eigenvalue weighted by Crippen LogP contribution is 2.19. The van der Waals surface area contributed by atoms with Gasteiger partial charge in [0, 0.05) is 18.8 Å². The smallest absolute Gasteiger partial charge is 0.324 e. The van der Waals surface area contributed by atoms with E-state index in [1.807, 2.05) is 45.5 Å². The monoisotopic (exact) mass is 285 g/mol. The molecule has 1 aromatic rings. The molecule has 1 aromatic heterocycles. The number of nitrogens with zero attached hydrogens (tertiary/aromatic N) is 2. The largest absolute Gasteiger partial charge is 0.465 e. The second-order valence-electron chi connectivity index (χ2n) is 4.68. The van der Waals surface area contributed by atoms with Crippen molar-refractivity contribution in [2.75, 3.05) is 12.4 Å². The summed E-state index contributed by atoms with van der Waals surface area (Å²) in [5, 5.41) is 8.58. The van der Waals surface area contributed by atoms with Gasteiger partial charge < -0.3 is 10.1 Å². The average molecular weight is 285 g/mol. The average Bonchev–Trinajstić information content (AvgIpc) is 2.63. The minimum Gasteiger partial charge on any atom is -0.465 e. The van der Waals surface area contributed by atoms with Crippen molar-refractivity contribution >= 4 is 17.7 Å². The van der Waals surface area contributed by atoms with Crippen LogP contribution in [0.2, 0.25) is 0 Å². The number of nitrogens with one attached hydrogen (secondary N) is 1. The van der Waals surface area contributed by atoms with Crippen molar-refractivity contribution in [3.8, 4) is 0 Å². The summed E-state index contributed by atoms with van der Waals surface area (Å²) < 4.78 is 6.92. The van der Waals surface area contributed by atoms with Gasteiger partial charge in [0.1, 0.15) is 6.04 Å². The number of ether oxygens (including phenoxy) is 1. The Morgan fingerprint density at radius 2 is 2.26 bits per heavy atom. The number of carbonyl (C=O) groups is 1. The van der Waals surface area contributed by atoms with Crippen LogP contribution in [0.1, 0.15) is 26.5 Å². The van der Waals surface area contributed by atoms with Crippen molar-refractivity contribution in [2.45, 2.75) is 44.8 Å². The summed E-state index contributed by atoms with van der Waals surface area (Å²) in [4.78, 5) is 11.9. The SMILES string of the molecule is CCOC(=O)C(CSc1cc(C)nn1C)NC(C)C. The van der Waals surface area contributed by atoms with E-state index in [1.54, 1.807) is 11.8 Å². The van der Waals surface area contributed by atoms with Crippen LogP contribution in [0.4, 0.5) is 0 Å². The van der Waals surface area contributed by atoms with E-state index in [0.29, 0.717) is 12.4 Å². The lowest BCUT2D eigenvalue weighted by Gasteiger charge is -2.19. The fourth-order valence-electron chi connectivity index (χ4n) is 1.72. The first-order valence-corrected chi connectivity index (χ1v) is 7.48. The Kier molecular flexibility index (Phi) is 6.37. The molecule has 5 nitrogen and oxygen atoms in total. The van der Waals surface area contributed by atoms with Crippen LogP contribution in [0.5, 0.6) is 0 Å². The zero-order chi connectivity index (χ0) is 14.4. The van der Waals surface area contributed by atoms with Crippen molar-refractivity contribution < 1.29 is 9.53 Å².